The van der Waals surface area contributed by atoms with E-state index in [9.17, 15) is 9.59 Å². The molecule has 1 rings (SSSR count). The lowest BCUT2D eigenvalue weighted by molar-refractivity contribution is -0.154. The summed E-state index contributed by atoms with van der Waals surface area (Å²) in [5.41, 5.74) is 5.26. The number of hydrogen-bond acceptors (Lipinski definition) is 4. The van der Waals surface area contributed by atoms with Crippen molar-refractivity contribution in [3.05, 3.63) is 0 Å². The minimum Gasteiger partial charge on any atom is -0.467 e. The van der Waals surface area contributed by atoms with Gasteiger partial charge in [-0.25, -0.2) is 4.79 Å². The van der Waals surface area contributed by atoms with Crippen LogP contribution in [0.4, 0.5) is 0 Å². The minimum atomic E-state index is -0.426. The van der Waals surface area contributed by atoms with Crippen LogP contribution in [-0.4, -0.2) is 43.0 Å². The van der Waals surface area contributed by atoms with Crippen molar-refractivity contribution in [1.82, 2.24) is 4.90 Å². The van der Waals surface area contributed by atoms with Gasteiger partial charge in [0.15, 0.2) is 0 Å². The van der Waals surface area contributed by atoms with Crippen LogP contribution >= 0.6 is 0 Å². The Morgan fingerprint density at radius 1 is 1.08 bits per heavy atom. The molecular formula is C20H46N2O3. The van der Waals surface area contributed by atoms with Crippen LogP contribution in [0.3, 0.4) is 0 Å². The molecular weight excluding hydrogens is 316 g/mol. The lowest BCUT2D eigenvalue weighted by Gasteiger charge is -2.33. The fourth-order valence-corrected chi connectivity index (χ4v) is 1.73. The third kappa shape index (κ3) is 20.9. The standard InChI is InChI=1S/C9H16N2O3.C4H10.C3H8.2C2H6/c1-14-9(13)7-4-2-3-5-11(7)8(12)6-10;1-4(2)3;1-3-2;2*1-2/h7H,2-6,10H2,1H3;4H,1-3H3;3H2,1-2H3;2*1-2H3. The molecule has 0 saturated carbocycles. The van der Waals surface area contributed by atoms with E-state index in [-0.39, 0.29) is 18.4 Å². The molecule has 0 bridgehead atoms. The molecule has 0 aliphatic carbocycles. The van der Waals surface area contributed by atoms with Gasteiger partial charge in [-0.2, -0.15) is 0 Å². The summed E-state index contributed by atoms with van der Waals surface area (Å²) in [6.07, 6.45) is 3.81. The molecule has 5 nitrogen and oxygen atoms in total. The van der Waals surface area contributed by atoms with Gasteiger partial charge in [0.1, 0.15) is 6.04 Å². The van der Waals surface area contributed by atoms with E-state index in [1.165, 1.54) is 18.4 Å². The maximum atomic E-state index is 11.4. The SMILES string of the molecule is CC.CC.CC(C)C.CCC.COC(=O)C1CCCCN1C(=O)CN. The van der Waals surface area contributed by atoms with Gasteiger partial charge in [0.2, 0.25) is 5.91 Å². The van der Waals surface area contributed by atoms with Gasteiger partial charge in [-0.1, -0.05) is 68.7 Å². The first-order chi connectivity index (χ1) is 11.8. The largest absolute Gasteiger partial charge is 0.467 e. The Hall–Kier alpha value is -1.10. The molecule has 2 N–H and O–H groups in total. The summed E-state index contributed by atoms with van der Waals surface area (Å²) in [4.78, 5) is 24.3. The van der Waals surface area contributed by atoms with E-state index in [1.54, 1.807) is 0 Å². The molecule has 1 amide bonds. The van der Waals surface area contributed by atoms with E-state index in [4.69, 9.17) is 5.73 Å². The van der Waals surface area contributed by atoms with Crippen molar-refractivity contribution >= 4 is 11.9 Å². The van der Waals surface area contributed by atoms with E-state index in [1.807, 2.05) is 27.7 Å². The molecule has 1 saturated heterocycles. The molecule has 1 unspecified atom stereocenters. The first kappa shape index (κ1) is 31.6. The van der Waals surface area contributed by atoms with E-state index in [2.05, 4.69) is 39.4 Å². The summed E-state index contributed by atoms with van der Waals surface area (Å²) in [6, 6.07) is -0.426. The molecule has 0 aromatic rings. The number of methoxy groups -OCH3 is 1. The van der Waals surface area contributed by atoms with E-state index >= 15 is 0 Å². The maximum Gasteiger partial charge on any atom is 0.328 e. The zero-order valence-electron chi connectivity index (χ0n) is 18.6. The lowest BCUT2D eigenvalue weighted by Crippen LogP contribution is -2.50. The molecule has 25 heavy (non-hydrogen) atoms. The third-order valence-electron chi connectivity index (χ3n) is 2.47. The summed E-state index contributed by atoms with van der Waals surface area (Å²) < 4.78 is 4.64. The van der Waals surface area contributed by atoms with Crippen LogP contribution in [0.2, 0.25) is 0 Å². The second kappa shape index (κ2) is 25.1. The van der Waals surface area contributed by atoms with Crippen molar-refractivity contribution in [3.8, 4) is 0 Å². The summed E-state index contributed by atoms with van der Waals surface area (Å²) >= 11 is 0. The molecule has 0 aromatic carbocycles. The van der Waals surface area contributed by atoms with Gasteiger partial charge in [0.25, 0.3) is 0 Å². The zero-order chi connectivity index (χ0) is 20.8. The van der Waals surface area contributed by atoms with Crippen LogP contribution in [0.25, 0.3) is 0 Å². The number of esters is 1. The van der Waals surface area contributed by atoms with Crippen LogP contribution in [0.15, 0.2) is 0 Å². The van der Waals surface area contributed by atoms with Crippen molar-refractivity contribution in [2.24, 2.45) is 11.7 Å². The minimum absolute atomic E-state index is 0.0481. The maximum absolute atomic E-state index is 11.4. The Morgan fingerprint density at radius 2 is 1.48 bits per heavy atom. The molecule has 0 spiro atoms. The smallest absolute Gasteiger partial charge is 0.328 e. The Balaban J connectivity index is -0.000000167. The van der Waals surface area contributed by atoms with Gasteiger partial charge >= 0.3 is 5.97 Å². The fourth-order valence-electron chi connectivity index (χ4n) is 1.73. The summed E-state index contributed by atoms with van der Waals surface area (Å²) in [7, 11) is 1.34. The molecule has 1 fully saturated rings. The van der Waals surface area contributed by atoms with Crippen molar-refractivity contribution in [2.75, 3.05) is 20.2 Å². The van der Waals surface area contributed by atoms with E-state index in [0.29, 0.717) is 13.0 Å². The highest BCUT2D eigenvalue weighted by molar-refractivity contribution is 5.85. The molecule has 1 atom stereocenters. The number of hydrogen-bond donors (Lipinski definition) is 1. The van der Waals surface area contributed by atoms with Gasteiger partial charge < -0.3 is 15.4 Å². The van der Waals surface area contributed by atoms with Gasteiger partial charge in [-0.05, 0) is 25.2 Å². The normalized spacial score (nSPS) is 14.9. The van der Waals surface area contributed by atoms with E-state index in [0.717, 1.165) is 18.8 Å². The highest BCUT2D eigenvalue weighted by Crippen LogP contribution is 2.17. The van der Waals surface area contributed by atoms with Crippen molar-refractivity contribution < 1.29 is 14.3 Å². The topological polar surface area (TPSA) is 72.6 Å². The predicted molar refractivity (Wildman–Crippen MR) is 110 cm³/mol. The average Bonchev–Trinajstić information content (AvgIpc) is 2.64. The zero-order valence-corrected chi connectivity index (χ0v) is 18.6. The second-order valence-corrected chi connectivity index (χ2v) is 5.77. The Morgan fingerprint density at radius 3 is 1.80 bits per heavy atom. The monoisotopic (exact) mass is 362 g/mol. The van der Waals surface area contributed by atoms with Gasteiger partial charge in [0, 0.05) is 6.54 Å². The number of ether oxygens (including phenoxy) is 1. The number of piperidine rings is 1. The second-order valence-electron chi connectivity index (χ2n) is 5.77. The third-order valence-corrected chi connectivity index (χ3v) is 2.47. The van der Waals surface area contributed by atoms with Crippen LogP contribution in [-0.2, 0) is 14.3 Å². The van der Waals surface area contributed by atoms with Crippen molar-refractivity contribution in [2.45, 2.75) is 94.0 Å². The van der Waals surface area contributed by atoms with Crippen molar-refractivity contribution in [1.29, 1.82) is 0 Å². The highest BCUT2D eigenvalue weighted by Gasteiger charge is 2.31. The first-order valence-electron chi connectivity index (χ1n) is 9.92. The summed E-state index contributed by atoms with van der Waals surface area (Å²) in [6.45, 7) is 19.3. The summed E-state index contributed by atoms with van der Waals surface area (Å²) in [5, 5.41) is 0. The van der Waals surface area contributed by atoms with Crippen LogP contribution in [0, 0.1) is 5.92 Å². The molecule has 0 radical (unpaired) electrons. The Labute approximate surface area is 157 Å². The Kier molecular flexibility index (Phi) is 31.8. The number of nitrogens with two attached hydrogens (primary N) is 1. The van der Waals surface area contributed by atoms with Gasteiger partial charge in [-0.3, -0.25) is 4.79 Å². The average molecular weight is 363 g/mol. The number of rotatable bonds is 2. The molecule has 1 aliphatic rings. The van der Waals surface area contributed by atoms with Crippen LogP contribution in [0.5, 0.6) is 0 Å². The molecule has 0 aromatic heterocycles. The lowest BCUT2D eigenvalue weighted by atomic mass is 10.0. The van der Waals surface area contributed by atoms with Crippen molar-refractivity contribution in [3.63, 3.8) is 0 Å². The molecule has 154 valence electrons. The number of carbonyl (C=O) groups excluding carboxylic acids is 2. The highest BCUT2D eigenvalue weighted by atomic mass is 16.5. The fraction of sp³-hybridized carbons (Fsp3) is 0.900. The quantitative estimate of drug-likeness (QED) is 0.727. The first-order valence-corrected chi connectivity index (χ1v) is 9.92. The number of likely N-dealkylation sites (tertiary alicyclic amines) is 1. The van der Waals surface area contributed by atoms with E-state index < -0.39 is 6.04 Å². The van der Waals surface area contributed by atoms with Gasteiger partial charge in [-0.15, -0.1) is 0 Å². The Bertz CT molecular complexity index is 255. The van der Waals surface area contributed by atoms with Crippen LogP contribution < -0.4 is 5.73 Å². The summed E-state index contributed by atoms with van der Waals surface area (Å²) in [5.74, 6) is 0.312. The number of carbonyl (C=O) groups is 2. The molecule has 1 aliphatic heterocycles. The molecule has 5 heteroatoms. The number of amides is 1. The van der Waals surface area contributed by atoms with Gasteiger partial charge in [0.05, 0.1) is 13.7 Å². The van der Waals surface area contributed by atoms with Crippen LogP contribution in [0.1, 0.15) is 88.0 Å². The molecule has 1 heterocycles. The number of nitrogens with zero attached hydrogens (tertiary/aromatic N) is 1. The predicted octanol–water partition coefficient (Wildman–Crippen LogP) is 4.63.